The monoisotopic (exact) mass is 380 g/mol. The van der Waals surface area contributed by atoms with Crippen molar-refractivity contribution in [2.75, 3.05) is 63.7 Å². The number of carbonyl (C=O) groups excluding carboxylic acids is 1. The molecular weight excluding hydrogens is 348 g/mol. The van der Waals surface area contributed by atoms with Crippen LogP contribution < -0.4 is 9.80 Å². The Bertz CT molecular complexity index is 779. The van der Waals surface area contributed by atoms with Gasteiger partial charge in [-0.25, -0.2) is 0 Å². The highest BCUT2D eigenvalue weighted by Crippen LogP contribution is 2.18. The zero-order valence-corrected chi connectivity index (χ0v) is 17.6. The second-order valence-electron chi connectivity index (χ2n) is 7.91. The van der Waals surface area contributed by atoms with E-state index in [1.165, 1.54) is 16.9 Å². The highest BCUT2D eigenvalue weighted by molar-refractivity contribution is 5.78. The predicted molar refractivity (Wildman–Crippen MR) is 117 cm³/mol. The fourth-order valence-corrected chi connectivity index (χ4v) is 3.56. The molecule has 1 fully saturated rings. The number of nitrogens with zero attached hydrogens (tertiary/aromatic N) is 4. The SMILES string of the molecule is Cc1cccc(N2CCN(CC(=O)N(C)Cc3ccc(N(C)C)cc3)CC2)c1. The van der Waals surface area contributed by atoms with Crippen LogP contribution in [0.3, 0.4) is 0 Å². The largest absolute Gasteiger partial charge is 0.378 e. The topological polar surface area (TPSA) is 30.0 Å². The molecule has 0 aliphatic carbocycles. The van der Waals surface area contributed by atoms with Crippen molar-refractivity contribution in [3.8, 4) is 0 Å². The minimum atomic E-state index is 0.181. The Labute approximate surface area is 169 Å². The van der Waals surface area contributed by atoms with Gasteiger partial charge in [-0.3, -0.25) is 9.69 Å². The van der Waals surface area contributed by atoms with Crippen molar-refractivity contribution in [1.82, 2.24) is 9.80 Å². The molecule has 0 spiro atoms. The number of carbonyl (C=O) groups is 1. The Kier molecular flexibility index (Phi) is 6.57. The first-order chi connectivity index (χ1) is 13.4. The molecule has 2 aromatic carbocycles. The third kappa shape index (κ3) is 5.26. The van der Waals surface area contributed by atoms with Gasteiger partial charge in [0.2, 0.25) is 5.91 Å². The predicted octanol–water partition coefficient (Wildman–Crippen LogP) is 2.84. The molecule has 0 bridgehead atoms. The van der Waals surface area contributed by atoms with E-state index in [1.54, 1.807) is 0 Å². The van der Waals surface area contributed by atoms with Crippen molar-refractivity contribution in [2.24, 2.45) is 0 Å². The molecule has 1 saturated heterocycles. The first-order valence-electron chi connectivity index (χ1n) is 9.96. The van der Waals surface area contributed by atoms with Crippen molar-refractivity contribution in [2.45, 2.75) is 13.5 Å². The van der Waals surface area contributed by atoms with Crippen LogP contribution in [0.1, 0.15) is 11.1 Å². The summed E-state index contributed by atoms with van der Waals surface area (Å²) in [5.74, 6) is 0.181. The summed E-state index contributed by atoms with van der Waals surface area (Å²) in [6, 6.07) is 17.0. The standard InChI is InChI=1S/C23H32N4O/c1-19-6-5-7-22(16-19)27-14-12-26(13-15-27)18-23(28)25(4)17-20-8-10-21(11-9-20)24(2)3/h5-11,16H,12-15,17-18H2,1-4H3. The molecule has 1 aliphatic rings. The Hall–Kier alpha value is -2.53. The van der Waals surface area contributed by atoms with Crippen LogP contribution in [0.4, 0.5) is 11.4 Å². The van der Waals surface area contributed by atoms with E-state index >= 15 is 0 Å². The Morgan fingerprint density at radius 3 is 2.25 bits per heavy atom. The molecule has 150 valence electrons. The summed E-state index contributed by atoms with van der Waals surface area (Å²) in [7, 11) is 5.96. The minimum Gasteiger partial charge on any atom is -0.378 e. The summed E-state index contributed by atoms with van der Waals surface area (Å²) < 4.78 is 0. The fraction of sp³-hybridized carbons (Fsp3) is 0.435. The molecule has 0 radical (unpaired) electrons. The second-order valence-corrected chi connectivity index (χ2v) is 7.91. The maximum atomic E-state index is 12.6. The summed E-state index contributed by atoms with van der Waals surface area (Å²) in [5, 5.41) is 0. The number of benzene rings is 2. The molecule has 1 aliphatic heterocycles. The van der Waals surface area contributed by atoms with Crippen LogP contribution in [0.5, 0.6) is 0 Å². The molecule has 1 heterocycles. The van der Waals surface area contributed by atoms with Gasteiger partial charge in [0.05, 0.1) is 6.54 Å². The molecular formula is C23H32N4O. The third-order valence-corrected chi connectivity index (χ3v) is 5.40. The summed E-state index contributed by atoms with van der Waals surface area (Å²) >= 11 is 0. The molecule has 5 heteroatoms. The first kappa shape index (κ1) is 20.2. The van der Waals surface area contributed by atoms with E-state index < -0.39 is 0 Å². The third-order valence-electron chi connectivity index (χ3n) is 5.40. The lowest BCUT2D eigenvalue weighted by Gasteiger charge is -2.36. The Balaban J connectivity index is 1.47. The quantitative estimate of drug-likeness (QED) is 0.771. The van der Waals surface area contributed by atoms with E-state index in [4.69, 9.17) is 0 Å². The Morgan fingerprint density at radius 2 is 1.64 bits per heavy atom. The molecule has 0 atom stereocenters. The van der Waals surface area contributed by atoms with Crippen LogP contribution in [0, 0.1) is 6.92 Å². The number of amides is 1. The average Bonchev–Trinajstić information content (AvgIpc) is 2.69. The van der Waals surface area contributed by atoms with E-state index in [0.29, 0.717) is 13.1 Å². The lowest BCUT2D eigenvalue weighted by atomic mass is 10.2. The van der Waals surface area contributed by atoms with Crippen molar-refractivity contribution in [3.63, 3.8) is 0 Å². The number of hydrogen-bond donors (Lipinski definition) is 0. The number of anilines is 2. The van der Waals surface area contributed by atoms with Crippen LogP contribution in [-0.2, 0) is 11.3 Å². The van der Waals surface area contributed by atoms with Gasteiger partial charge in [0, 0.05) is 65.2 Å². The van der Waals surface area contributed by atoms with E-state index in [2.05, 4.69) is 70.2 Å². The van der Waals surface area contributed by atoms with Gasteiger partial charge in [0.1, 0.15) is 0 Å². The van der Waals surface area contributed by atoms with E-state index in [9.17, 15) is 4.79 Å². The molecule has 0 saturated carbocycles. The summed E-state index contributed by atoms with van der Waals surface area (Å²) in [4.78, 5) is 21.2. The molecule has 5 nitrogen and oxygen atoms in total. The van der Waals surface area contributed by atoms with Gasteiger partial charge in [0.15, 0.2) is 0 Å². The van der Waals surface area contributed by atoms with Crippen LogP contribution in [0.15, 0.2) is 48.5 Å². The lowest BCUT2D eigenvalue weighted by Crippen LogP contribution is -2.49. The lowest BCUT2D eigenvalue weighted by molar-refractivity contribution is -0.131. The highest BCUT2D eigenvalue weighted by Gasteiger charge is 2.20. The first-order valence-corrected chi connectivity index (χ1v) is 9.96. The van der Waals surface area contributed by atoms with Gasteiger partial charge in [0.25, 0.3) is 0 Å². The van der Waals surface area contributed by atoms with Crippen LogP contribution in [-0.4, -0.2) is 69.6 Å². The van der Waals surface area contributed by atoms with Gasteiger partial charge in [-0.15, -0.1) is 0 Å². The van der Waals surface area contributed by atoms with Crippen LogP contribution >= 0.6 is 0 Å². The molecule has 0 N–H and O–H groups in total. The molecule has 0 aromatic heterocycles. The second kappa shape index (κ2) is 9.11. The van der Waals surface area contributed by atoms with Crippen molar-refractivity contribution >= 4 is 17.3 Å². The normalized spacial score (nSPS) is 14.8. The van der Waals surface area contributed by atoms with Gasteiger partial charge >= 0.3 is 0 Å². The number of piperazine rings is 1. The zero-order chi connectivity index (χ0) is 20.1. The van der Waals surface area contributed by atoms with Gasteiger partial charge < -0.3 is 14.7 Å². The van der Waals surface area contributed by atoms with Crippen molar-refractivity contribution in [1.29, 1.82) is 0 Å². The smallest absolute Gasteiger partial charge is 0.236 e. The molecule has 1 amide bonds. The van der Waals surface area contributed by atoms with Crippen molar-refractivity contribution < 1.29 is 4.79 Å². The number of likely N-dealkylation sites (N-methyl/N-ethyl adjacent to an activating group) is 1. The van der Waals surface area contributed by atoms with E-state index in [-0.39, 0.29) is 5.91 Å². The van der Waals surface area contributed by atoms with E-state index in [1.807, 2.05) is 26.0 Å². The summed E-state index contributed by atoms with van der Waals surface area (Å²) in [6.45, 7) is 7.04. The number of aryl methyl sites for hydroxylation is 1. The highest BCUT2D eigenvalue weighted by atomic mass is 16.2. The molecule has 28 heavy (non-hydrogen) atoms. The van der Waals surface area contributed by atoms with Crippen LogP contribution in [0.2, 0.25) is 0 Å². The molecule has 0 unspecified atom stereocenters. The molecule has 2 aromatic rings. The maximum Gasteiger partial charge on any atom is 0.236 e. The molecule has 3 rings (SSSR count). The maximum absolute atomic E-state index is 12.6. The zero-order valence-electron chi connectivity index (χ0n) is 17.6. The average molecular weight is 381 g/mol. The number of rotatable bonds is 6. The number of hydrogen-bond acceptors (Lipinski definition) is 4. The fourth-order valence-electron chi connectivity index (χ4n) is 3.56. The van der Waals surface area contributed by atoms with Gasteiger partial charge in [-0.1, -0.05) is 24.3 Å². The van der Waals surface area contributed by atoms with Gasteiger partial charge in [-0.2, -0.15) is 0 Å². The minimum absolute atomic E-state index is 0.181. The van der Waals surface area contributed by atoms with Gasteiger partial charge in [-0.05, 0) is 42.3 Å². The van der Waals surface area contributed by atoms with E-state index in [0.717, 1.165) is 31.7 Å². The van der Waals surface area contributed by atoms with Crippen molar-refractivity contribution in [3.05, 3.63) is 59.7 Å². The van der Waals surface area contributed by atoms with Crippen LogP contribution in [0.25, 0.3) is 0 Å². The summed E-state index contributed by atoms with van der Waals surface area (Å²) in [6.07, 6.45) is 0. The summed E-state index contributed by atoms with van der Waals surface area (Å²) in [5.41, 5.74) is 4.90. The Morgan fingerprint density at radius 1 is 0.964 bits per heavy atom.